The normalized spacial score (nSPS) is 39.2. The van der Waals surface area contributed by atoms with Gasteiger partial charge in [-0.25, -0.2) is 14.4 Å². The number of carbonyl (C=O) groups excluding carboxylic acids is 3. The molecule has 0 unspecified atom stereocenters. The number of phenolic OH excluding ortho intramolecular Hbond substituents is 2. The van der Waals surface area contributed by atoms with Gasteiger partial charge in [0.2, 0.25) is 12.6 Å². The first-order valence-corrected chi connectivity index (χ1v) is 19.8. The summed E-state index contributed by atoms with van der Waals surface area (Å²) in [5.74, 6) is -8.08. The van der Waals surface area contributed by atoms with Crippen molar-refractivity contribution in [3.05, 3.63) is 60.1 Å². The van der Waals surface area contributed by atoms with Gasteiger partial charge < -0.3 is 93.7 Å². The molecule has 0 spiro atoms. The van der Waals surface area contributed by atoms with Gasteiger partial charge in [0, 0.05) is 29.6 Å². The molecule has 0 aromatic heterocycles. The number of para-hydroxylation sites is 1. The Morgan fingerprint density at radius 3 is 1.94 bits per heavy atom. The Morgan fingerprint density at radius 1 is 0.774 bits per heavy atom. The molecule has 22 nitrogen and oxygen atoms in total. The van der Waals surface area contributed by atoms with E-state index in [1.165, 1.54) is 24.3 Å². The number of phenols is 2. The van der Waals surface area contributed by atoms with Gasteiger partial charge in [-0.1, -0.05) is 19.1 Å². The van der Waals surface area contributed by atoms with Crippen molar-refractivity contribution in [3.8, 4) is 11.5 Å². The summed E-state index contributed by atoms with van der Waals surface area (Å²) >= 11 is 0. The predicted octanol–water partition coefficient (Wildman–Crippen LogP) is -2.47. The minimum absolute atomic E-state index is 0.00242. The molecule has 4 aliphatic heterocycles. The van der Waals surface area contributed by atoms with E-state index < -0.39 is 152 Å². The molecule has 2 saturated heterocycles. The van der Waals surface area contributed by atoms with Gasteiger partial charge in [-0.15, -0.1) is 6.58 Å². The number of carbonyl (C=O) groups is 3. The van der Waals surface area contributed by atoms with Crippen LogP contribution in [0.4, 0.5) is 0 Å². The zero-order valence-electron chi connectivity index (χ0n) is 33.5. The summed E-state index contributed by atoms with van der Waals surface area (Å²) in [4.78, 5) is 40.1. The molecule has 18 atom stereocenters. The number of aliphatic hydroxyl groups is 8. The molecule has 10 N–H and O–H groups in total. The molecular formula is C40H52O22. The van der Waals surface area contributed by atoms with Crippen LogP contribution in [0.1, 0.15) is 30.1 Å². The van der Waals surface area contributed by atoms with E-state index in [4.69, 9.17) is 42.6 Å². The molecule has 4 heterocycles. The molecule has 0 bridgehead atoms. The summed E-state index contributed by atoms with van der Waals surface area (Å²) in [7, 11) is 1.14. The highest BCUT2D eigenvalue weighted by atomic mass is 16.8. The summed E-state index contributed by atoms with van der Waals surface area (Å²) in [6, 6.07) is 3.73. The van der Waals surface area contributed by atoms with Gasteiger partial charge >= 0.3 is 17.9 Å². The van der Waals surface area contributed by atoms with Crippen molar-refractivity contribution in [2.75, 3.05) is 26.9 Å². The van der Waals surface area contributed by atoms with Gasteiger partial charge in [0.25, 0.3) is 0 Å². The highest BCUT2D eigenvalue weighted by molar-refractivity contribution is 5.93. The van der Waals surface area contributed by atoms with E-state index in [-0.39, 0.29) is 36.2 Å². The largest absolute Gasteiger partial charge is 0.504 e. The molecule has 1 aliphatic carbocycles. The zero-order valence-corrected chi connectivity index (χ0v) is 33.5. The van der Waals surface area contributed by atoms with E-state index in [9.17, 15) is 65.4 Å². The molecule has 1 aromatic carbocycles. The third-order valence-corrected chi connectivity index (χ3v) is 12.0. The Bertz CT molecular complexity index is 1830. The molecule has 6 rings (SSSR count). The third kappa shape index (κ3) is 9.28. The maximum absolute atomic E-state index is 13.9. The van der Waals surface area contributed by atoms with Crippen LogP contribution >= 0.6 is 0 Å². The van der Waals surface area contributed by atoms with Crippen molar-refractivity contribution in [2.24, 2.45) is 29.6 Å². The molecule has 1 aromatic rings. The number of hydrogen-bond donors (Lipinski definition) is 10. The quantitative estimate of drug-likeness (QED) is 0.0401. The van der Waals surface area contributed by atoms with Crippen LogP contribution in [0.25, 0.3) is 0 Å². The lowest BCUT2D eigenvalue weighted by atomic mass is 9.81. The van der Waals surface area contributed by atoms with Gasteiger partial charge in [0.05, 0.1) is 50.6 Å². The monoisotopic (exact) mass is 884 g/mol. The van der Waals surface area contributed by atoms with Crippen LogP contribution in [0.5, 0.6) is 11.5 Å². The molecule has 1 saturated carbocycles. The number of aromatic hydroxyl groups is 2. The van der Waals surface area contributed by atoms with Gasteiger partial charge in [0.1, 0.15) is 60.5 Å². The molecule has 3 fully saturated rings. The van der Waals surface area contributed by atoms with Gasteiger partial charge in [-0.3, -0.25) is 0 Å². The van der Waals surface area contributed by atoms with E-state index in [0.717, 1.165) is 19.6 Å². The number of aliphatic hydroxyl groups excluding tert-OH is 8. The highest BCUT2D eigenvalue weighted by Crippen LogP contribution is 2.49. The Hall–Kier alpha value is -4.43. The van der Waals surface area contributed by atoms with Crippen LogP contribution in [0.2, 0.25) is 0 Å². The Labute approximate surface area is 353 Å². The Balaban J connectivity index is 1.19. The van der Waals surface area contributed by atoms with E-state index >= 15 is 0 Å². The van der Waals surface area contributed by atoms with Crippen LogP contribution in [-0.2, 0) is 52.2 Å². The van der Waals surface area contributed by atoms with Gasteiger partial charge in [-0.05, 0) is 25.0 Å². The lowest BCUT2D eigenvalue weighted by molar-refractivity contribution is -0.342. The number of fused-ring (bicyclic) bond motifs is 1. The smallest absolute Gasteiger partial charge is 0.342 e. The summed E-state index contributed by atoms with van der Waals surface area (Å²) in [5.41, 5.74) is -0.364. The molecule has 5 aliphatic rings. The SMILES string of the molecule is C=C[C@H]1[C@H](O[C@H]2O[C@@H](CO)[C@H](O)[C@H](O)[C@@H]2O)OC=C(C(=O)OC)[C@@H]1CCOC(=O)C1=CO[C@H](O[C@H]2O[C@@H](CO)[C@H](O)[C@H](O)[C@@H]2O)[C@@H]2[C@@H](C)[C@@H](OC(=O)c3cccc(O)c3O)C[C@H]12. The fraction of sp³-hybridized carbons (Fsp3) is 0.625. The van der Waals surface area contributed by atoms with Crippen molar-refractivity contribution < 1.29 is 108 Å². The minimum atomic E-state index is -1.81. The zero-order chi connectivity index (χ0) is 45.2. The maximum Gasteiger partial charge on any atom is 0.342 e. The standard InChI is InChI=1S/C40H52O22/c1-4-16-17(20(34(51)54-3)13-56-37(16)61-39-32(49)30(47)28(45)24(11-41)59-39)8-9-55-35(52)21-14-57-38(62-40-33(50)31(48)29(46)25(12-42)60-40)26-15(2)23(10-19(21)26)58-36(53)18-6-5-7-22(43)27(18)44/h4-7,13-17,19,23-26,28-33,37-50H,1,8-12H2,2-3H3/t15-,16+,17+,19+,23-,24-,25-,26+,28-,29-,30-,31-,32-,33-,37-,38+,39+,40+/m0/s1. The van der Waals surface area contributed by atoms with Crippen LogP contribution < -0.4 is 0 Å². The van der Waals surface area contributed by atoms with Crippen LogP contribution in [0.3, 0.4) is 0 Å². The molecular weight excluding hydrogens is 832 g/mol. The Morgan fingerprint density at radius 2 is 1.35 bits per heavy atom. The number of esters is 3. The van der Waals surface area contributed by atoms with Crippen molar-refractivity contribution in [3.63, 3.8) is 0 Å². The first-order chi connectivity index (χ1) is 29.6. The third-order valence-electron chi connectivity index (χ3n) is 12.0. The van der Waals surface area contributed by atoms with Crippen LogP contribution in [0, 0.1) is 29.6 Å². The predicted molar refractivity (Wildman–Crippen MR) is 200 cm³/mol. The van der Waals surface area contributed by atoms with Crippen molar-refractivity contribution in [2.45, 2.75) is 99.9 Å². The summed E-state index contributed by atoms with van der Waals surface area (Å²) in [6.45, 7) is 3.68. The summed E-state index contributed by atoms with van der Waals surface area (Å²) < 4.78 is 50.7. The highest BCUT2D eigenvalue weighted by Gasteiger charge is 2.55. The number of ether oxygens (including phenoxy) is 9. The minimum Gasteiger partial charge on any atom is -0.504 e. The van der Waals surface area contributed by atoms with Crippen LogP contribution in [-0.4, -0.2) is 176 Å². The van der Waals surface area contributed by atoms with Crippen LogP contribution in [0.15, 0.2) is 54.5 Å². The van der Waals surface area contributed by atoms with E-state index in [1.54, 1.807) is 6.92 Å². The summed E-state index contributed by atoms with van der Waals surface area (Å²) in [5, 5.41) is 102. The fourth-order valence-electron chi connectivity index (χ4n) is 8.47. The first-order valence-electron chi connectivity index (χ1n) is 19.8. The molecule has 22 heteroatoms. The van der Waals surface area contributed by atoms with E-state index in [2.05, 4.69) is 6.58 Å². The van der Waals surface area contributed by atoms with Gasteiger partial charge in [-0.2, -0.15) is 0 Å². The van der Waals surface area contributed by atoms with Crippen molar-refractivity contribution in [1.82, 2.24) is 0 Å². The topological polar surface area (TPSA) is 337 Å². The average Bonchev–Trinajstić information content (AvgIpc) is 3.59. The molecule has 0 radical (unpaired) electrons. The number of benzene rings is 1. The van der Waals surface area contributed by atoms with Crippen molar-refractivity contribution in [1.29, 1.82) is 0 Å². The second-order valence-electron chi connectivity index (χ2n) is 15.6. The molecule has 344 valence electrons. The van der Waals surface area contributed by atoms with E-state index in [0.29, 0.717) is 0 Å². The lowest BCUT2D eigenvalue weighted by Crippen LogP contribution is -2.60. The maximum atomic E-state index is 13.9. The second kappa shape index (κ2) is 20.0. The Kier molecular flexibility index (Phi) is 15.1. The molecule has 0 amide bonds. The fourth-order valence-corrected chi connectivity index (χ4v) is 8.47. The second-order valence-corrected chi connectivity index (χ2v) is 15.6. The number of hydrogen-bond acceptors (Lipinski definition) is 22. The number of rotatable bonds is 14. The first kappa shape index (κ1) is 47.1. The number of methoxy groups -OCH3 is 1. The molecule has 62 heavy (non-hydrogen) atoms. The van der Waals surface area contributed by atoms with Gasteiger partial charge in [0.15, 0.2) is 24.1 Å². The van der Waals surface area contributed by atoms with Crippen molar-refractivity contribution >= 4 is 17.9 Å². The van der Waals surface area contributed by atoms with E-state index in [1.807, 2.05) is 0 Å². The summed E-state index contributed by atoms with van der Waals surface area (Å²) in [6.07, 6.45) is -16.5. The average molecular weight is 885 g/mol. The lowest BCUT2D eigenvalue weighted by Gasteiger charge is -2.43.